The fraction of sp³-hybridized carbons (Fsp3) is 0.444. The number of rotatable bonds is 2. The van der Waals surface area contributed by atoms with Gasteiger partial charge in [0.1, 0.15) is 5.76 Å². The summed E-state index contributed by atoms with van der Waals surface area (Å²) in [5, 5.41) is 0. The van der Waals surface area contributed by atoms with Crippen molar-refractivity contribution in [1.29, 1.82) is 0 Å². The quantitative estimate of drug-likeness (QED) is 0.672. The molecule has 0 aliphatic carbocycles. The largest absolute Gasteiger partial charge is 0.468 e. The SMILES string of the molecule is CCc1cc(=O)c(C)c(OC)o1. The third kappa shape index (κ3) is 1.49. The lowest BCUT2D eigenvalue weighted by atomic mass is 10.2. The zero-order chi connectivity index (χ0) is 9.14. The summed E-state index contributed by atoms with van der Waals surface area (Å²) in [6.45, 7) is 3.61. The number of ether oxygens (including phenoxy) is 1. The Balaban J connectivity index is 3.29. The molecule has 0 radical (unpaired) electrons. The van der Waals surface area contributed by atoms with E-state index in [1.807, 2.05) is 6.92 Å². The van der Waals surface area contributed by atoms with Gasteiger partial charge in [0.15, 0.2) is 5.43 Å². The lowest BCUT2D eigenvalue weighted by molar-refractivity contribution is 0.281. The molecule has 0 aliphatic rings. The Morgan fingerprint density at radius 1 is 1.58 bits per heavy atom. The molecule has 66 valence electrons. The fourth-order valence-electron chi connectivity index (χ4n) is 0.949. The van der Waals surface area contributed by atoms with Crippen LogP contribution in [0.2, 0.25) is 0 Å². The van der Waals surface area contributed by atoms with Crippen molar-refractivity contribution in [3.8, 4) is 5.95 Å². The first-order chi connectivity index (χ1) is 5.69. The van der Waals surface area contributed by atoms with Crippen molar-refractivity contribution in [2.75, 3.05) is 7.11 Å². The van der Waals surface area contributed by atoms with Crippen LogP contribution < -0.4 is 10.2 Å². The molecular formula is C9H12O3. The van der Waals surface area contributed by atoms with Crippen LogP contribution >= 0.6 is 0 Å². The van der Waals surface area contributed by atoms with Crippen LogP contribution in [0.1, 0.15) is 18.2 Å². The highest BCUT2D eigenvalue weighted by molar-refractivity contribution is 5.22. The van der Waals surface area contributed by atoms with Crippen molar-refractivity contribution in [3.05, 3.63) is 27.6 Å². The minimum Gasteiger partial charge on any atom is -0.468 e. The van der Waals surface area contributed by atoms with E-state index in [2.05, 4.69) is 0 Å². The molecule has 0 unspecified atom stereocenters. The Kier molecular flexibility index (Phi) is 2.53. The van der Waals surface area contributed by atoms with Crippen molar-refractivity contribution < 1.29 is 9.15 Å². The summed E-state index contributed by atoms with van der Waals surface area (Å²) in [6.07, 6.45) is 0.700. The molecule has 0 N–H and O–H groups in total. The van der Waals surface area contributed by atoms with E-state index in [-0.39, 0.29) is 5.43 Å². The van der Waals surface area contributed by atoms with Crippen molar-refractivity contribution in [1.82, 2.24) is 0 Å². The highest BCUT2D eigenvalue weighted by atomic mass is 16.6. The zero-order valence-corrected chi connectivity index (χ0v) is 7.51. The molecule has 0 amide bonds. The number of hydrogen-bond acceptors (Lipinski definition) is 3. The summed E-state index contributed by atoms with van der Waals surface area (Å²) in [6, 6.07) is 1.50. The first kappa shape index (κ1) is 8.84. The zero-order valence-electron chi connectivity index (χ0n) is 7.51. The summed E-state index contributed by atoms with van der Waals surface area (Å²) in [4.78, 5) is 11.2. The first-order valence-electron chi connectivity index (χ1n) is 3.86. The van der Waals surface area contributed by atoms with Gasteiger partial charge in [-0.1, -0.05) is 6.92 Å². The molecule has 3 heteroatoms. The Hall–Kier alpha value is -1.25. The molecule has 0 saturated heterocycles. The van der Waals surface area contributed by atoms with Crippen molar-refractivity contribution in [2.24, 2.45) is 0 Å². The second-order valence-corrected chi connectivity index (χ2v) is 2.55. The Morgan fingerprint density at radius 2 is 2.25 bits per heavy atom. The maximum atomic E-state index is 11.2. The maximum absolute atomic E-state index is 11.2. The average molecular weight is 168 g/mol. The molecule has 0 aromatic carbocycles. The predicted octanol–water partition coefficient (Wildman–Crippen LogP) is 1.52. The topological polar surface area (TPSA) is 39.4 Å². The minimum atomic E-state index is -0.0325. The molecule has 0 atom stereocenters. The third-order valence-corrected chi connectivity index (χ3v) is 1.73. The highest BCUT2D eigenvalue weighted by Crippen LogP contribution is 2.15. The van der Waals surface area contributed by atoms with E-state index >= 15 is 0 Å². The van der Waals surface area contributed by atoms with Gasteiger partial charge in [-0.05, 0) is 6.92 Å². The number of aryl methyl sites for hydroxylation is 1. The van der Waals surface area contributed by atoms with E-state index in [1.165, 1.54) is 13.2 Å². The van der Waals surface area contributed by atoms with E-state index in [9.17, 15) is 4.79 Å². The summed E-state index contributed by atoms with van der Waals surface area (Å²) in [7, 11) is 1.49. The molecule has 0 fully saturated rings. The summed E-state index contributed by atoms with van der Waals surface area (Å²) < 4.78 is 10.2. The van der Waals surface area contributed by atoms with E-state index < -0.39 is 0 Å². The summed E-state index contributed by atoms with van der Waals surface area (Å²) in [5.74, 6) is 0.974. The van der Waals surface area contributed by atoms with Gasteiger partial charge in [-0.3, -0.25) is 4.79 Å². The van der Waals surface area contributed by atoms with E-state index in [0.717, 1.165) is 0 Å². The normalized spacial score (nSPS) is 9.92. The molecule has 12 heavy (non-hydrogen) atoms. The molecule has 1 aromatic rings. The maximum Gasteiger partial charge on any atom is 0.291 e. The molecule has 0 spiro atoms. The van der Waals surface area contributed by atoms with Crippen LogP contribution in [0.3, 0.4) is 0 Å². The summed E-state index contributed by atoms with van der Waals surface area (Å²) in [5.41, 5.74) is 0.490. The van der Waals surface area contributed by atoms with Gasteiger partial charge in [0.25, 0.3) is 5.95 Å². The molecule has 0 saturated carbocycles. The van der Waals surface area contributed by atoms with Crippen LogP contribution in [0.15, 0.2) is 15.3 Å². The van der Waals surface area contributed by atoms with Crippen molar-refractivity contribution in [3.63, 3.8) is 0 Å². The smallest absolute Gasteiger partial charge is 0.291 e. The Bertz CT molecular complexity index is 325. The number of hydrogen-bond donors (Lipinski definition) is 0. The second kappa shape index (κ2) is 3.43. The van der Waals surface area contributed by atoms with Crippen LogP contribution in [0.5, 0.6) is 5.95 Å². The van der Waals surface area contributed by atoms with Gasteiger partial charge in [0, 0.05) is 12.5 Å². The Labute approximate surface area is 71.0 Å². The molecule has 1 aromatic heterocycles. The lowest BCUT2D eigenvalue weighted by Crippen LogP contribution is -2.06. The van der Waals surface area contributed by atoms with Gasteiger partial charge in [-0.25, -0.2) is 0 Å². The highest BCUT2D eigenvalue weighted by Gasteiger charge is 2.06. The molecule has 3 nitrogen and oxygen atoms in total. The van der Waals surface area contributed by atoms with E-state index in [0.29, 0.717) is 23.7 Å². The molecule has 0 aliphatic heterocycles. The predicted molar refractivity (Wildman–Crippen MR) is 45.6 cm³/mol. The van der Waals surface area contributed by atoms with Gasteiger partial charge in [-0.2, -0.15) is 0 Å². The Morgan fingerprint density at radius 3 is 2.75 bits per heavy atom. The van der Waals surface area contributed by atoms with Gasteiger partial charge < -0.3 is 9.15 Å². The van der Waals surface area contributed by atoms with Crippen molar-refractivity contribution in [2.45, 2.75) is 20.3 Å². The van der Waals surface area contributed by atoms with Crippen LogP contribution in [0.25, 0.3) is 0 Å². The van der Waals surface area contributed by atoms with Crippen LogP contribution in [0, 0.1) is 6.92 Å². The standard InChI is InChI=1S/C9H12O3/c1-4-7-5-8(10)6(2)9(11-3)12-7/h5H,4H2,1-3H3. The molecule has 1 heterocycles. The van der Waals surface area contributed by atoms with Crippen LogP contribution in [-0.4, -0.2) is 7.11 Å². The average Bonchev–Trinajstić information content (AvgIpc) is 2.09. The molecular weight excluding hydrogens is 156 g/mol. The molecule has 1 rings (SSSR count). The third-order valence-electron chi connectivity index (χ3n) is 1.73. The second-order valence-electron chi connectivity index (χ2n) is 2.55. The lowest BCUT2D eigenvalue weighted by Gasteiger charge is -2.03. The van der Waals surface area contributed by atoms with Crippen LogP contribution in [0.4, 0.5) is 0 Å². The number of methoxy groups -OCH3 is 1. The monoisotopic (exact) mass is 168 g/mol. The van der Waals surface area contributed by atoms with Crippen molar-refractivity contribution >= 4 is 0 Å². The van der Waals surface area contributed by atoms with Crippen LogP contribution in [-0.2, 0) is 6.42 Å². The van der Waals surface area contributed by atoms with Gasteiger partial charge in [-0.15, -0.1) is 0 Å². The summed E-state index contributed by atoms with van der Waals surface area (Å²) >= 11 is 0. The van der Waals surface area contributed by atoms with E-state index in [4.69, 9.17) is 9.15 Å². The van der Waals surface area contributed by atoms with Gasteiger partial charge in [0.2, 0.25) is 0 Å². The first-order valence-corrected chi connectivity index (χ1v) is 3.86. The molecule has 0 bridgehead atoms. The minimum absolute atomic E-state index is 0.0325. The van der Waals surface area contributed by atoms with E-state index in [1.54, 1.807) is 6.92 Å². The fourth-order valence-corrected chi connectivity index (χ4v) is 0.949. The van der Waals surface area contributed by atoms with Gasteiger partial charge in [0.05, 0.1) is 12.7 Å². The van der Waals surface area contributed by atoms with Gasteiger partial charge >= 0.3 is 0 Å².